The maximum Gasteiger partial charge on any atom is 0.227 e. The van der Waals surface area contributed by atoms with Crippen LogP contribution < -0.4 is 15.4 Å². The van der Waals surface area contributed by atoms with E-state index in [9.17, 15) is 9.18 Å². The molecule has 0 radical (unpaired) electrons. The zero-order chi connectivity index (χ0) is 16.4. The van der Waals surface area contributed by atoms with Crippen molar-refractivity contribution < 1.29 is 13.9 Å². The van der Waals surface area contributed by atoms with Crippen LogP contribution in [0.3, 0.4) is 0 Å². The number of hydrogen-bond donors (Lipinski definition) is 1. The minimum absolute atomic E-state index is 0.00324. The molecule has 0 unspecified atom stereocenters. The first kappa shape index (κ1) is 15.4. The van der Waals surface area contributed by atoms with Gasteiger partial charge in [0, 0.05) is 43.0 Å². The predicted molar refractivity (Wildman–Crippen MR) is 85.9 cm³/mol. The Morgan fingerprint density at radius 1 is 1.30 bits per heavy atom. The van der Waals surface area contributed by atoms with Gasteiger partial charge >= 0.3 is 0 Å². The summed E-state index contributed by atoms with van der Waals surface area (Å²) in [5.41, 5.74) is 8.09. The van der Waals surface area contributed by atoms with Gasteiger partial charge in [-0.1, -0.05) is 0 Å². The van der Waals surface area contributed by atoms with Crippen LogP contribution in [0.5, 0.6) is 5.75 Å². The van der Waals surface area contributed by atoms with E-state index in [-0.39, 0.29) is 11.7 Å². The van der Waals surface area contributed by atoms with E-state index in [0.717, 1.165) is 5.56 Å². The molecule has 0 bridgehead atoms. The fraction of sp³-hybridized carbons (Fsp3) is 0.294. The molecule has 0 saturated heterocycles. The highest BCUT2D eigenvalue weighted by molar-refractivity contribution is 5.96. The summed E-state index contributed by atoms with van der Waals surface area (Å²) in [6.45, 7) is 0.780. The Labute approximate surface area is 133 Å². The van der Waals surface area contributed by atoms with Gasteiger partial charge in [0.1, 0.15) is 18.2 Å². The van der Waals surface area contributed by atoms with Crippen LogP contribution in [0.4, 0.5) is 10.1 Å². The van der Waals surface area contributed by atoms with Crippen LogP contribution >= 0.6 is 0 Å². The number of pyridine rings is 1. The van der Waals surface area contributed by atoms with Crippen molar-refractivity contribution in [1.29, 1.82) is 0 Å². The lowest BCUT2D eigenvalue weighted by molar-refractivity contribution is -0.118. The fourth-order valence-electron chi connectivity index (χ4n) is 2.71. The number of benzene rings is 1. The molecule has 1 aromatic heterocycles. The topological polar surface area (TPSA) is 68.5 Å². The van der Waals surface area contributed by atoms with Crippen molar-refractivity contribution in [3.8, 4) is 16.9 Å². The number of aryl methyl sites for hydroxylation is 1. The third-order valence-corrected chi connectivity index (χ3v) is 3.92. The first-order valence-corrected chi connectivity index (χ1v) is 7.47. The number of rotatable bonds is 4. The molecule has 1 aliphatic heterocycles. The fourth-order valence-corrected chi connectivity index (χ4v) is 2.71. The van der Waals surface area contributed by atoms with Crippen LogP contribution in [0.15, 0.2) is 30.6 Å². The quantitative estimate of drug-likeness (QED) is 0.938. The molecule has 0 atom stereocenters. The molecule has 2 heterocycles. The third kappa shape index (κ3) is 3.03. The second-order valence-electron chi connectivity index (χ2n) is 5.46. The standard InChI is InChI=1S/C17H18FN3O2/c1-21-16-8-15(18)14(7-11(16)2-3-17(21)22)12-6-13(10-20-9-12)23-5-4-19/h6-10H,2-5,19H2,1H3. The normalized spacial score (nSPS) is 13.9. The maximum absolute atomic E-state index is 14.5. The van der Waals surface area contributed by atoms with Gasteiger partial charge in [-0.25, -0.2) is 4.39 Å². The molecule has 0 saturated carbocycles. The first-order chi connectivity index (χ1) is 11.1. The average molecular weight is 315 g/mol. The maximum atomic E-state index is 14.5. The Bertz CT molecular complexity index is 749. The van der Waals surface area contributed by atoms with Crippen molar-refractivity contribution >= 4 is 11.6 Å². The smallest absolute Gasteiger partial charge is 0.227 e. The molecule has 3 rings (SSSR count). The second kappa shape index (κ2) is 6.34. The number of carbonyl (C=O) groups excluding carboxylic acids is 1. The number of carbonyl (C=O) groups is 1. The minimum atomic E-state index is -0.386. The van der Waals surface area contributed by atoms with Crippen molar-refractivity contribution in [2.24, 2.45) is 5.73 Å². The van der Waals surface area contributed by atoms with E-state index < -0.39 is 0 Å². The van der Waals surface area contributed by atoms with Crippen molar-refractivity contribution in [1.82, 2.24) is 4.98 Å². The largest absolute Gasteiger partial charge is 0.491 e. The van der Waals surface area contributed by atoms with Gasteiger partial charge in [0.2, 0.25) is 5.91 Å². The molecule has 2 aromatic rings. The molecule has 0 aliphatic carbocycles. The first-order valence-electron chi connectivity index (χ1n) is 7.47. The van der Waals surface area contributed by atoms with Crippen LogP contribution in [0.25, 0.3) is 11.1 Å². The Morgan fingerprint density at radius 2 is 2.13 bits per heavy atom. The molecule has 0 fully saturated rings. The summed E-state index contributed by atoms with van der Waals surface area (Å²) >= 11 is 0. The number of anilines is 1. The monoisotopic (exact) mass is 315 g/mol. The van der Waals surface area contributed by atoms with Gasteiger partial charge in [0.15, 0.2) is 0 Å². The lowest BCUT2D eigenvalue weighted by atomic mass is 9.96. The third-order valence-electron chi connectivity index (χ3n) is 3.92. The van der Waals surface area contributed by atoms with Gasteiger partial charge in [-0.2, -0.15) is 0 Å². The molecule has 120 valence electrons. The van der Waals surface area contributed by atoms with Gasteiger partial charge in [-0.15, -0.1) is 0 Å². The van der Waals surface area contributed by atoms with E-state index in [1.54, 1.807) is 31.6 Å². The van der Waals surface area contributed by atoms with Gasteiger partial charge in [0.05, 0.1) is 6.20 Å². The molecule has 1 aromatic carbocycles. The highest BCUT2D eigenvalue weighted by atomic mass is 19.1. The van der Waals surface area contributed by atoms with Gasteiger partial charge in [0.25, 0.3) is 0 Å². The highest BCUT2D eigenvalue weighted by Crippen LogP contribution is 2.34. The van der Waals surface area contributed by atoms with E-state index in [1.807, 2.05) is 0 Å². The SMILES string of the molecule is CN1C(=O)CCc2cc(-c3cncc(OCCN)c3)c(F)cc21. The van der Waals surface area contributed by atoms with Gasteiger partial charge in [-0.05, 0) is 30.2 Å². The summed E-state index contributed by atoms with van der Waals surface area (Å²) in [5, 5.41) is 0. The van der Waals surface area contributed by atoms with E-state index in [1.165, 1.54) is 11.0 Å². The summed E-state index contributed by atoms with van der Waals surface area (Å²) in [4.78, 5) is 17.3. The number of hydrogen-bond acceptors (Lipinski definition) is 4. The van der Waals surface area contributed by atoms with Crippen molar-refractivity contribution in [3.63, 3.8) is 0 Å². The Hall–Kier alpha value is -2.47. The van der Waals surface area contributed by atoms with Crippen LogP contribution in [-0.2, 0) is 11.2 Å². The number of halogens is 1. The molecule has 2 N–H and O–H groups in total. The lowest BCUT2D eigenvalue weighted by Crippen LogP contribution is -2.31. The summed E-state index contributed by atoms with van der Waals surface area (Å²) in [6.07, 6.45) is 4.22. The summed E-state index contributed by atoms with van der Waals surface area (Å²) in [7, 11) is 1.67. The number of nitrogens with zero attached hydrogens (tertiary/aromatic N) is 2. The van der Waals surface area contributed by atoms with E-state index in [2.05, 4.69) is 4.98 Å². The van der Waals surface area contributed by atoms with Gasteiger partial charge in [-0.3, -0.25) is 9.78 Å². The molecule has 6 heteroatoms. The molecule has 0 spiro atoms. The van der Waals surface area contributed by atoms with Crippen molar-refractivity contribution in [3.05, 3.63) is 42.0 Å². The zero-order valence-electron chi connectivity index (χ0n) is 12.9. The van der Waals surface area contributed by atoms with E-state index in [4.69, 9.17) is 10.5 Å². The van der Waals surface area contributed by atoms with Crippen molar-refractivity contribution in [2.75, 3.05) is 25.1 Å². The molecule has 5 nitrogen and oxygen atoms in total. The van der Waals surface area contributed by atoms with E-state index >= 15 is 0 Å². The molecule has 23 heavy (non-hydrogen) atoms. The van der Waals surface area contributed by atoms with Crippen LogP contribution in [0, 0.1) is 5.82 Å². The number of fused-ring (bicyclic) bond motifs is 1. The minimum Gasteiger partial charge on any atom is -0.491 e. The molecule has 1 aliphatic rings. The van der Waals surface area contributed by atoms with Gasteiger partial charge < -0.3 is 15.4 Å². The Balaban J connectivity index is 1.99. The molecular formula is C17H18FN3O2. The highest BCUT2D eigenvalue weighted by Gasteiger charge is 2.23. The molecule has 1 amide bonds. The number of ether oxygens (including phenoxy) is 1. The second-order valence-corrected chi connectivity index (χ2v) is 5.46. The van der Waals surface area contributed by atoms with Crippen molar-refractivity contribution in [2.45, 2.75) is 12.8 Å². The van der Waals surface area contributed by atoms with Crippen LogP contribution in [0.2, 0.25) is 0 Å². The zero-order valence-corrected chi connectivity index (χ0v) is 12.9. The Morgan fingerprint density at radius 3 is 2.91 bits per heavy atom. The van der Waals surface area contributed by atoms with Crippen LogP contribution in [0.1, 0.15) is 12.0 Å². The predicted octanol–water partition coefficient (Wildman–Crippen LogP) is 2.13. The number of aromatic nitrogens is 1. The molecular weight excluding hydrogens is 297 g/mol. The summed E-state index contributed by atoms with van der Waals surface area (Å²) in [5.74, 6) is 0.170. The number of amides is 1. The lowest BCUT2D eigenvalue weighted by Gasteiger charge is -2.26. The van der Waals surface area contributed by atoms with Crippen LogP contribution in [-0.4, -0.2) is 31.1 Å². The average Bonchev–Trinajstić information content (AvgIpc) is 2.57. The van der Waals surface area contributed by atoms with E-state index in [0.29, 0.717) is 48.6 Å². The number of nitrogens with two attached hydrogens (primary N) is 1. The summed E-state index contributed by atoms with van der Waals surface area (Å²) in [6, 6.07) is 4.94. The summed E-state index contributed by atoms with van der Waals surface area (Å²) < 4.78 is 20.0. The Kier molecular flexibility index (Phi) is 4.25.